The Morgan fingerprint density at radius 1 is 1.27 bits per heavy atom. The quantitative estimate of drug-likeness (QED) is 0.541. The van der Waals surface area contributed by atoms with Crippen molar-refractivity contribution in [3.05, 3.63) is 33.7 Å². The molecule has 1 aromatic heterocycles. The number of thioether (sulfide) groups is 1. The van der Waals surface area contributed by atoms with Crippen molar-refractivity contribution in [1.29, 1.82) is 0 Å². The summed E-state index contributed by atoms with van der Waals surface area (Å²) >= 11 is 5.43. The maximum Gasteiger partial charge on any atom is 0.342 e. The van der Waals surface area contributed by atoms with Gasteiger partial charge in [0.25, 0.3) is 0 Å². The number of thiol groups is 1. The second kappa shape index (κ2) is 8.90. The van der Waals surface area contributed by atoms with E-state index >= 15 is 4.39 Å². The number of amides is 2. The standard InChI is InChI=1S/C21H23FN4O5S2/c1-10(27)23-14(9-32)19(29)25-5-3-24(4-6-25)16-8-15-12(7-13(16)22)18(28)17(21(30)31)20-26(15)11(2)33-20/h7-8,11,14,32H,3-6,9H2,1-2H3,(H,23,27)(H,30,31)/t11?,14-/m0/s1. The number of halogens is 1. The lowest BCUT2D eigenvalue weighted by Gasteiger charge is -2.38. The fraction of sp³-hybridized carbons (Fsp3) is 0.429. The number of rotatable bonds is 5. The molecular formula is C21H23FN4O5S2. The summed E-state index contributed by atoms with van der Waals surface area (Å²) in [4.78, 5) is 51.8. The van der Waals surface area contributed by atoms with Gasteiger partial charge >= 0.3 is 5.97 Å². The van der Waals surface area contributed by atoms with E-state index in [1.54, 1.807) is 20.4 Å². The minimum absolute atomic E-state index is 0.0327. The monoisotopic (exact) mass is 494 g/mol. The molecule has 2 aromatic rings. The number of hydrogen-bond acceptors (Lipinski definition) is 7. The van der Waals surface area contributed by atoms with E-state index in [9.17, 15) is 24.3 Å². The lowest BCUT2D eigenvalue weighted by atomic mass is 10.1. The first-order chi connectivity index (χ1) is 15.6. The van der Waals surface area contributed by atoms with E-state index in [1.807, 2.05) is 6.92 Å². The number of fused-ring (bicyclic) bond motifs is 3. The molecule has 0 radical (unpaired) electrons. The predicted octanol–water partition coefficient (Wildman–Crippen LogP) is 1.55. The third kappa shape index (κ3) is 4.05. The first-order valence-corrected chi connectivity index (χ1v) is 11.9. The van der Waals surface area contributed by atoms with Crippen LogP contribution in [0.3, 0.4) is 0 Å². The molecule has 1 fully saturated rings. The number of carbonyl (C=O) groups excluding carboxylic acids is 2. The van der Waals surface area contributed by atoms with Crippen LogP contribution in [0.2, 0.25) is 0 Å². The highest BCUT2D eigenvalue weighted by Gasteiger charge is 2.34. The van der Waals surface area contributed by atoms with E-state index in [0.29, 0.717) is 42.4 Å². The number of benzene rings is 1. The molecule has 1 unspecified atom stereocenters. The number of piperazine rings is 1. The van der Waals surface area contributed by atoms with Gasteiger partial charge in [0, 0.05) is 44.2 Å². The minimum Gasteiger partial charge on any atom is -0.477 e. The number of carboxylic acid groups (broad SMARTS) is 1. The number of aromatic carboxylic acids is 1. The highest BCUT2D eigenvalue weighted by Crippen LogP contribution is 2.46. The summed E-state index contributed by atoms with van der Waals surface area (Å²) < 4.78 is 16.8. The third-order valence-electron chi connectivity index (χ3n) is 5.88. The SMILES string of the molecule is CC(=O)N[C@@H](CS)C(=O)N1CCN(c2cc3c(cc2F)c(=O)c(C(=O)O)c2n3C(C)S2)CC1. The Morgan fingerprint density at radius 3 is 2.48 bits per heavy atom. The van der Waals surface area contributed by atoms with E-state index in [-0.39, 0.29) is 33.9 Å². The van der Waals surface area contributed by atoms with E-state index < -0.39 is 23.3 Å². The van der Waals surface area contributed by atoms with Crippen LogP contribution >= 0.6 is 24.4 Å². The van der Waals surface area contributed by atoms with Crippen LogP contribution in [0.25, 0.3) is 10.9 Å². The van der Waals surface area contributed by atoms with Crippen molar-refractivity contribution in [1.82, 2.24) is 14.8 Å². The van der Waals surface area contributed by atoms with E-state index in [2.05, 4.69) is 17.9 Å². The van der Waals surface area contributed by atoms with Crippen LogP contribution in [0.1, 0.15) is 29.6 Å². The third-order valence-corrected chi connectivity index (χ3v) is 7.42. The second-order valence-corrected chi connectivity index (χ2v) is 9.64. The predicted molar refractivity (Wildman–Crippen MR) is 126 cm³/mol. The van der Waals surface area contributed by atoms with Gasteiger partial charge in [-0.2, -0.15) is 12.6 Å². The van der Waals surface area contributed by atoms with Crippen molar-refractivity contribution in [2.75, 3.05) is 36.8 Å². The van der Waals surface area contributed by atoms with Crippen molar-refractivity contribution >= 4 is 58.8 Å². The molecule has 4 rings (SSSR count). The average molecular weight is 495 g/mol. The van der Waals surface area contributed by atoms with Gasteiger partial charge in [-0.3, -0.25) is 14.4 Å². The van der Waals surface area contributed by atoms with Gasteiger partial charge in [-0.15, -0.1) is 0 Å². The van der Waals surface area contributed by atoms with Crippen LogP contribution in [-0.4, -0.2) is 70.3 Å². The molecule has 0 spiro atoms. The number of nitrogens with zero attached hydrogens (tertiary/aromatic N) is 3. The fourth-order valence-electron chi connectivity index (χ4n) is 4.29. The molecule has 0 saturated carbocycles. The van der Waals surface area contributed by atoms with Gasteiger partial charge in [-0.1, -0.05) is 11.8 Å². The van der Waals surface area contributed by atoms with Gasteiger partial charge < -0.3 is 24.8 Å². The lowest BCUT2D eigenvalue weighted by molar-refractivity contribution is -0.135. The molecule has 2 aliphatic rings. The number of aromatic nitrogens is 1. The molecule has 3 heterocycles. The number of carboxylic acids is 1. The molecule has 33 heavy (non-hydrogen) atoms. The van der Waals surface area contributed by atoms with Crippen LogP contribution in [0.15, 0.2) is 22.0 Å². The van der Waals surface area contributed by atoms with Gasteiger partial charge in [0.15, 0.2) is 0 Å². The molecule has 0 bridgehead atoms. The zero-order valence-corrected chi connectivity index (χ0v) is 19.7. The van der Waals surface area contributed by atoms with Crippen LogP contribution < -0.4 is 15.6 Å². The van der Waals surface area contributed by atoms with Crippen LogP contribution in [0, 0.1) is 5.82 Å². The molecule has 12 heteroatoms. The molecule has 176 valence electrons. The Hall–Kier alpha value is -2.73. The highest BCUT2D eigenvalue weighted by molar-refractivity contribution is 8.00. The van der Waals surface area contributed by atoms with Crippen molar-refractivity contribution in [3.8, 4) is 0 Å². The number of hydrogen-bond donors (Lipinski definition) is 3. The summed E-state index contributed by atoms with van der Waals surface area (Å²) in [5.41, 5.74) is -0.243. The summed E-state index contributed by atoms with van der Waals surface area (Å²) in [7, 11) is 0. The smallest absolute Gasteiger partial charge is 0.342 e. The van der Waals surface area contributed by atoms with E-state index in [0.717, 1.165) is 6.07 Å². The molecule has 1 saturated heterocycles. The Bertz CT molecular complexity index is 1230. The zero-order chi connectivity index (χ0) is 24.0. The van der Waals surface area contributed by atoms with Crippen molar-refractivity contribution in [2.45, 2.75) is 30.3 Å². The van der Waals surface area contributed by atoms with Gasteiger partial charge in [0.1, 0.15) is 17.4 Å². The van der Waals surface area contributed by atoms with Gasteiger partial charge in [0.05, 0.1) is 21.6 Å². The van der Waals surface area contributed by atoms with Crippen molar-refractivity contribution < 1.29 is 23.9 Å². The van der Waals surface area contributed by atoms with Gasteiger partial charge in [0.2, 0.25) is 17.2 Å². The molecule has 2 N–H and O–H groups in total. The fourth-order valence-corrected chi connectivity index (χ4v) is 5.69. The van der Waals surface area contributed by atoms with Gasteiger partial charge in [-0.05, 0) is 19.1 Å². The highest BCUT2D eigenvalue weighted by atomic mass is 32.2. The lowest BCUT2D eigenvalue weighted by Crippen LogP contribution is -2.55. The summed E-state index contributed by atoms with van der Waals surface area (Å²) in [5.74, 6) is -2.33. The van der Waals surface area contributed by atoms with Crippen LogP contribution in [-0.2, 0) is 9.59 Å². The van der Waals surface area contributed by atoms with E-state index in [4.69, 9.17) is 0 Å². The second-order valence-electron chi connectivity index (χ2n) is 7.97. The maximum absolute atomic E-state index is 15.1. The number of nitrogens with one attached hydrogen (secondary N) is 1. The van der Waals surface area contributed by atoms with Crippen molar-refractivity contribution in [3.63, 3.8) is 0 Å². The molecular weight excluding hydrogens is 471 g/mol. The maximum atomic E-state index is 15.1. The largest absolute Gasteiger partial charge is 0.477 e. The number of pyridine rings is 1. The minimum atomic E-state index is -1.32. The Morgan fingerprint density at radius 2 is 1.94 bits per heavy atom. The Kier molecular flexibility index (Phi) is 6.32. The van der Waals surface area contributed by atoms with E-state index in [1.165, 1.54) is 18.7 Å². The van der Waals surface area contributed by atoms with Crippen molar-refractivity contribution in [2.24, 2.45) is 0 Å². The Labute approximate surface area is 198 Å². The zero-order valence-electron chi connectivity index (χ0n) is 18.0. The molecule has 2 aliphatic heterocycles. The normalized spacial score (nSPS) is 18.5. The number of anilines is 1. The summed E-state index contributed by atoms with van der Waals surface area (Å²) in [6.07, 6.45) is 0. The Balaban J connectivity index is 1.62. The summed E-state index contributed by atoms with van der Waals surface area (Å²) in [5, 5.41) is 12.4. The topological polar surface area (TPSA) is 112 Å². The molecule has 1 aromatic carbocycles. The summed E-state index contributed by atoms with van der Waals surface area (Å²) in [6, 6.07) is 1.97. The number of carbonyl (C=O) groups is 3. The first-order valence-electron chi connectivity index (χ1n) is 10.4. The van der Waals surface area contributed by atoms with Gasteiger partial charge in [-0.25, -0.2) is 9.18 Å². The van der Waals surface area contributed by atoms with Crippen LogP contribution in [0.5, 0.6) is 0 Å². The summed E-state index contributed by atoms with van der Waals surface area (Å²) in [6.45, 7) is 4.62. The average Bonchev–Trinajstić information content (AvgIpc) is 2.76. The molecule has 2 atom stereocenters. The molecule has 9 nitrogen and oxygen atoms in total. The van der Waals surface area contributed by atoms with Crippen LogP contribution in [0.4, 0.5) is 10.1 Å². The first kappa shape index (κ1) is 23.4. The molecule has 0 aliphatic carbocycles. The molecule has 2 amide bonds.